The van der Waals surface area contributed by atoms with Gasteiger partial charge in [0.15, 0.2) is 24.5 Å². The molecule has 1 fully saturated rings. The highest BCUT2D eigenvalue weighted by atomic mass is 16.7. The first-order valence-electron chi connectivity index (χ1n) is 22.1. The van der Waals surface area contributed by atoms with Gasteiger partial charge in [-0.3, -0.25) is 0 Å². The molecule has 2 aliphatic rings. The average molecular weight is 948 g/mol. The van der Waals surface area contributed by atoms with E-state index in [9.17, 15) is 38.7 Å². The molecule has 1 aliphatic carbocycles. The second-order valence-electron chi connectivity index (χ2n) is 16.0. The lowest BCUT2D eigenvalue weighted by atomic mass is 9.96. The number of amides is 3. The van der Waals surface area contributed by atoms with E-state index in [1.807, 2.05) is 48.5 Å². The zero-order valence-corrected chi connectivity index (χ0v) is 37.1. The van der Waals surface area contributed by atoms with E-state index in [0.717, 1.165) is 22.3 Å². The molecule has 0 bridgehead atoms. The highest BCUT2D eigenvalue weighted by Gasteiger charge is 2.53. The molecule has 6 aromatic carbocycles. The molecular formula is C53H45N3O14. The molecule has 1 aliphatic heterocycles. The summed E-state index contributed by atoms with van der Waals surface area (Å²) in [6.45, 7) is -1.47. The van der Waals surface area contributed by atoms with E-state index in [2.05, 4.69) is 16.0 Å². The van der Waals surface area contributed by atoms with E-state index in [4.69, 9.17) is 28.4 Å². The summed E-state index contributed by atoms with van der Waals surface area (Å²) in [5, 5.41) is 17.3. The summed E-state index contributed by atoms with van der Waals surface area (Å²) in [6.07, 6.45) is -9.66. The van der Waals surface area contributed by atoms with Crippen molar-refractivity contribution >= 4 is 42.0 Å². The average Bonchev–Trinajstić information content (AvgIpc) is 3.71. The number of alkyl carbamates (subject to hydrolysis) is 1. The summed E-state index contributed by atoms with van der Waals surface area (Å²) >= 11 is 0. The van der Waals surface area contributed by atoms with Gasteiger partial charge in [-0.25, -0.2) is 33.6 Å². The van der Waals surface area contributed by atoms with Gasteiger partial charge in [0.05, 0.1) is 28.8 Å². The fraction of sp³-hybridized carbons (Fsp3) is 0.189. The Hall–Kier alpha value is -8.83. The lowest BCUT2D eigenvalue weighted by Gasteiger charge is -2.44. The first kappa shape index (κ1) is 47.7. The number of esters is 4. The summed E-state index contributed by atoms with van der Waals surface area (Å²) in [5.41, 5.74) is 4.20. The summed E-state index contributed by atoms with van der Waals surface area (Å²) in [4.78, 5) is 94.3. The van der Waals surface area contributed by atoms with Gasteiger partial charge in [0.1, 0.15) is 25.4 Å². The Labute approximate surface area is 400 Å². The molecule has 0 aromatic heterocycles. The van der Waals surface area contributed by atoms with Gasteiger partial charge in [-0.05, 0) is 70.8 Å². The molecule has 1 heterocycles. The number of urea groups is 1. The number of carboxylic acid groups (broad SMARTS) is 1. The molecule has 8 rings (SSSR count). The minimum Gasteiger partial charge on any atom is -0.480 e. The van der Waals surface area contributed by atoms with Crippen molar-refractivity contribution in [3.8, 4) is 11.1 Å². The van der Waals surface area contributed by atoms with Crippen molar-refractivity contribution in [1.82, 2.24) is 16.0 Å². The molecule has 0 unspecified atom stereocenters. The number of fused-ring (bicyclic) bond motifs is 3. The smallest absolute Gasteiger partial charge is 0.407 e. The maximum absolute atomic E-state index is 13.9. The Morgan fingerprint density at radius 1 is 0.500 bits per heavy atom. The Kier molecular flexibility index (Phi) is 15.2. The van der Waals surface area contributed by atoms with E-state index in [-0.39, 0.29) is 34.8 Å². The first-order valence-corrected chi connectivity index (χ1v) is 22.1. The highest BCUT2D eigenvalue weighted by Crippen LogP contribution is 2.44. The van der Waals surface area contributed by atoms with Crippen molar-refractivity contribution < 1.29 is 67.1 Å². The number of rotatable bonds is 16. The third-order valence-electron chi connectivity index (χ3n) is 11.5. The molecule has 1 saturated heterocycles. The number of carbonyl (C=O) groups excluding carboxylic acids is 6. The van der Waals surface area contributed by atoms with Crippen LogP contribution in [0, 0.1) is 0 Å². The third-order valence-corrected chi connectivity index (χ3v) is 11.5. The quantitative estimate of drug-likeness (QED) is 0.0597. The molecule has 0 saturated carbocycles. The van der Waals surface area contributed by atoms with Crippen LogP contribution in [0.2, 0.25) is 0 Å². The summed E-state index contributed by atoms with van der Waals surface area (Å²) in [5.74, 6) is -5.49. The lowest BCUT2D eigenvalue weighted by molar-refractivity contribution is -0.233. The maximum atomic E-state index is 13.9. The molecule has 70 heavy (non-hydrogen) atoms. The van der Waals surface area contributed by atoms with Gasteiger partial charge < -0.3 is 49.5 Å². The van der Waals surface area contributed by atoms with Crippen LogP contribution in [0.1, 0.15) is 58.5 Å². The summed E-state index contributed by atoms with van der Waals surface area (Å²) < 4.78 is 35.5. The fourth-order valence-electron chi connectivity index (χ4n) is 8.04. The third kappa shape index (κ3) is 11.5. The minimum atomic E-state index is -1.81. The van der Waals surface area contributed by atoms with Crippen molar-refractivity contribution in [1.29, 1.82) is 0 Å². The van der Waals surface area contributed by atoms with Crippen LogP contribution in [0.4, 0.5) is 9.59 Å². The number of carboxylic acids is 1. The van der Waals surface area contributed by atoms with E-state index in [0.29, 0.717) is 0 Å². The van der Waals surface area contributed by atoms with Gasteiger partial charge in [-0.1, -0.05) is 121 Å². The molecule has 0 spiro atoms. The SMILES string of the molecule is O=C(NC[C@H](NC(=O)OCC1c2ccccc2-c2ccccc21)C(=O)O)N[C@@H]1O[C@H](COC(=O)c2ccccc2)[C@H](OC(=O)c2ccccc2)[C@H](OC(=O)c2ccccc2)[C@H]1OC(=O)c1ccccc1. The predicted molar refractivity (Wildman–Crippen MR) is 248 cm³/mol. The minimum absolute atomic E-state index is 0.0409. The van der Waals surface area contributed by atoms with Crippen molar-refractivity contribution in [2.45, 2.75) is 42.6 Å². The van der Waals surface area contributed by atoms with Crippen LogP contribution in [0.25, 0.3) is 11.1 Å². The predicted octanol–water partition coefficient (Wildman–Crippen LogP) is 6.54. The fourth-order valence-corrected chi connectivity index (χ4v) is 8.04. The molecule has 6 atom stereocenters. The molecule has 356 valence electrons. The van der Waals surface area contributed by atoms with Crippen LogP contribution in [0.15, 0.2) is 170 Å². The van der Waals surface area contributed by atoms with Crippen LogP contribution >= 0.6 is 0 Å². The number of ether oxygens (including phenoxy) is 6. The Morgan fingerprint density at radius 3 is 1.41 bits per heavy atom. The second-order valence-corrected chi connectivity index (χ2v) is 16.0. The number of benzene rings is 6. The highest BCUT2D eigenvalue weighted by molar-refractivity contribution is 5.92. The van der Waals surface area contributed by atoms with Crippen molar-refractivity contribution in [3.63, 3.8) is 0 Å². The van der Waals surface area contributed by atoms with E-state index in [1.165, 1.54) is 48.5 Å². The molecular weight excluding hydrogens is 903 g/mol. The topological polar surface area (TPSA) is 231 Å². The Bertz CT molecular complexity index is 2790. The van der Waals surface area contributed by atoms with Crippen LogP contribution in [-0.2, 0) is 33.2 Å². The monoisotopic (exact) mass is 947 g/mol. The van der Waals surface area contributed by atoms with Gasteiger partial charge >= 0.3 is 42.0 Å². The van der Waals surface area contributed by atoms with Gasteiger partial charge in [0.25, 0.3) is 0 Å². The molecule has 17 heteroatoms. The van der Waals surface area contributed by atoms with Gasteiger partial charge in [-0.15, -0.1) is 0 Å². The number of aliphatic carboxylic acids is 1. The maximum Gasteiger partial charge on any atom is 0.407 e. The lowest BCUT2D eigenvalue weighted by Crippen LogP contribution is -2.67. The van der Waals surface area contributed by atoms with Crippen LogP contribution < -0.4 is 16.0 Å². The van der Waals surface area contributed by atoms with Crippen molar-refractivity contribution in [2.24, 2.45) is 0 Å². The van der Waals surface area contributed by atoms with Crippen LogP contribution in [-0.4, -0.2) is 104 Å². The molecule has 17 nitrogen and oxygen atoms in total. The van der Waals surface area contributed by atoms with Crippen molar-refractivity contribution in [3.05, 3.63) is 203 Å². The molecule has 6 aromatic rings. The first-order chi connectivity index (χ1) is 34.0. The zero-order chi connectivity index (χ0) is 49.0. The number of hydrogen-bond donors (Lipinski definition) is 4. The van der Waals surface area contributed by atoms with E-state index < -0.39 is 91.8 Å². The summed E-state index contributed by atoms with van der Waals surface area (Å²) in [6, 6.07) is 43.7. The summed E-state index contributed by atoms with van der Waals surface area (Å²) in [7, 11) is 0. The standard InChI is InChI=1S/C53H45N3O14/c57-47(58)41(55-53(64)66-30-40-38-27-15-13-25-36(38)37-26-14-16-28-39(37)40)29-54-52(63)56-46-45(70-51(62)35-23-11-4-12-24-35)44(69-50(61)34-21-9-3-10-22-34)43(68-49(60)33-19-7-2-8-20-33)42(67-46)31-65-48(59)32-17-5-1-6-18-32/h1-28,40-46H,29-31H2,(H,55,64)(H,57,58)(H2,54,56,63)/t41-,42+,43-,44-,45+,46+/m0/s1. The largest absolute Gasteiger partial charge is 0.480 e. The normalized spacial score (nSPS) is 18.3. The second kappa shape index (κ2) is 22.3. The zero-order valence-electron chi connectivity index (χ0n) is 37.1. The number of nitrogens with one attached hydrogen (secondary N) is 3. The van der Waals surface area contributed by atoms with Gasteiger partial charge in [0.2, 0.25) is 0 Å². The van der Waals surface area contributed by atoms with Gasteiger partial charge in [-0.2, -0.15) is 0 Å². The van der Waals surface area contributed by atoms with Crippen molar-refractivity contribution in [2.75, 3.05) is 19.8 Å². The molecule has 3 amide bonds. The molecule has 4 N–H and O–H groups in total. The number of carbonyl (C=O) groups is 7. The molecule has 0 radical (unpaired) electrons. The van der Waals surface area contributed by atoms with Crippen LogP contribution in [0.5, 0.6) is 0 Å². The van der Waals surface area contributed by atoms with Crippen LogP contribution in [0.3, 0.4) is 0 Å². The van der Waals surface area contributed by atoms with E-state index >= 15 is 0 Å². The Balaban J connectivity index is 1.04. The Morgan fingerprint density at radius 2 is 0.929 bits per heavy atom. The van der Waals surface area contributed by atoms with Gasteiger partial charge in [0, 0.05) is 5.92 Å². The number of hydrogen-bond acceptors (Lipinski definition) is 13. The van der Waals surface area contributed by atoms with E-state index in [1.54, 1.807) is 72.8 Å².